The third kappa shape index (κ3) is 3.78. The number of nitrogens with zero attached hydrogens (tertiary/aromatic N) is 1. The smallest absolute Gasteiger partial charge is 0.488 e. The number of hydrogen-bond donors (Lipinski definition) is 3. The van der Waals surface area contributed by atoms with Crippen LogP contribution in [-0.2, 0) is 19.2 Å². The molecule has 0 spiro atoms. The molecule has 40 heavy (non-hydrogen) atoms. The fourth-order valence-corrected chi connectivity index (χ4v) is 6.73. The Labute approximate surface area is 230 Å². The molecule has 0 unspecified atom stereocenters. The predicted molar refractivity (Wildman–Crippen MR) is 145 cm³/mol. The summed E-state index contributed by atoms with van der Waals surface area (Å²) in [6.07, 6.45) is 3.62. The quantitative estimate of drug-likeness (QED) is 0.231. The van der Waals surface area contributed by atoms with Crippen LogP contribution < -0.4 is 15.1 Å². The van der Waals surface area contributed by atoms with E-state index in [0.29, 0.717) is 28.0 Å². The lowest BCUT2D eigenvalue weighted by Gasteiger charge is -2.42. The summed E-state index contributed by atoms with van der Waals surface area (Å²) in [5, 5.41) is 29.3. The zero-order chi connectivity index (χ0) is 28.5. The highest BCUT2D eigenvalue weighted by Gasteiger charge is 2.57. The summed E-state index contributed by atoms with van der Waals surface area (Å²) in [5.74, 6) is -3.74. The highest BCUT2D eigenvalue weighted by molar-refractivity contribution is 6.58. The van der Waals surface area contributed by atoms with E-state index in [0.717, 1.165) is 10.5 Å². The van der Waals surface area contributed by atoms with Crippen molar-refractivity contribution >= 4 is 41.6 Å². The summed E-state index contributed by atoms with van der Waals surface area (Å²) in [5.41, 5.74) is 2.72. The number of phenols is 1. The van der Waals surface area contributed by atoms with Gasteiger partial charge in [-0.25, -0.2) is 0 Å². The van der Waals surface area contributed by atoms with Crippen LogP contribution >= 0.6 is 0 Å². The second-order valence-electron chi connectivity index (χ2n) is 10.6. The van der Waals surface area contributed by atoms with Gasteiger partial charge in [-0.1, -0.05) is 29.8 Å². The van der Waals surface area contributed by atoms with E-state index in [1.54, 1.807) is 25.1 Å². The Bertz CT molecular complexity index is 1600. The van der Waals surface area contributed by atoms with Crippen molar-refractivity contribution in [1.29, 1.82) is 0 Å². The average Bonchev–Trinajstić information content (AvgIpc) is 3.20. The molecule has 3 N–H and O–H groups in total. The van der Waals surface area contributed by atoms with Crippen LogP contribution in [0.1, 0.15) is 31.2 Å². The molecule has 6 rings (SSSR count). The molecular formula is C30H26BNO8. The summed E-state index contributed by atoms with van der Waals surface area (Å²) in [6, 6.07) is 10.6. The number of methoxy groups -OCH3 is 1. The molecule has 4 aliphatic rings. The number of aromatic hydroxyl groups is 1. The molecule has 0 saturated carbocycles. The van der Waals surface area contributed by atoms with E-state index < -0.39 is 42.6 Å². The van der Waals surface area contributed by atoms with Gasteiger partial charge >= 0.3 is 7.12 Å². The first-order valence-corrected chi connectivity index (χ1v) is 13.0. The van der Waals surface area contributed by atoms with Gasteiger partial charge in [-0.2, -0.15) is 0 Å². The van der Waals surface area contributed by atoms with Crippen molar-refractivity contribution in [2.75, 3.05) is 12.0 Å². The Morgan fingerprint density at radius 1 is 1.00 bits per heavy atom. The highest BCUT2D eigenvalue weighted by atomic mass is 16.5. The number of allylic oxidation sites excluding steroid dienone is 6. The van der Waals surface area contributed by atoms with E-state index in [1.807, 2.05) is 6.08 Å². The summed E-state index contributed by atoms with van der Waals surface area (Å²) in [7, 11) is -0.313. The van der Waals surface area contributed by atoms with Gasteiger partial charge in [0.15, 0.2) is 11.6 Å². The lowest BCUT2D eigenvalue weighted by molar-refractivity contribution is -0.123. The van der Waals surface area contributed by atoms with Gasteiger partial charge in [0.2, 0.25) is 11.8 Å². The average molecular weight is 539 g/mol. The van der Waals surface area contributed by atoms with Crippen LogP contribution in [0.15, 0.2) is 76.9 Å². The van der Waals surface area contributed by atoms with E-state index in [-0.39, 0.29) is 41.3 Å². The maximum atomic E-state index is 14.0. The van der Waals surface area contributed by atoms with Crippen molar-refractivity contribution in [3.8, 4) is 11.5 Å². The van der Waals surface area contributed by atoms with Crippen molar-refractivity contribution in [1.82, 2.24) is 0 Å². The first kappa shape index (κ1) is 26.0. The number of anilines is 1. The fourth-order valence-electron chi connectivity index (χ4n) is 6.73. The first-order valence-electron chi connectivity index (χ1n) is 13.0. The molecule has 2 amide bonds. The van der Waals surface area contributed by atoms with Crippen LogP contribution in [0.25, 0.3) is 0 Å². The molecule has 0 bridgehead atoms. The van der Waals surface area contributed by atoms with Crippen LogP contribution in [0, 0.1) is 17.8 Å². The summed E-state index contributed by atoms with van der Waals surface area (Å²) in [6.45, 7) is 1.60. The maximum Gasteiger partial charge on any atom is 0.488 e. The molecule has 1 aliphatic heterocycles. The van der Waals surface area contributed by atoms with Gasteiger partial charge < -0.3 is 19.9 Å². The van der Waals surface area contributed by atoms with E-state index in [2.05, 4.69) is 0 Å². The predicted octanol–water partition coefficient (Wildman–Crippen LogP) is 1.71. The lowest BCUT2D eigenvalue weighted by atomic mass is 9.59. The second-order valence-corrected chi connectivity index (χ2v) is 10.6. The Hall–Kier alpha value is -4.28. The minimum absolute atomic E-state index is 0.0237. The van der Waals surface area contributed by atoms with Gasteiger partial charge in [-0.3, -0.25) is 24.1 Å². The van der Waals surface area contributed by atoms with E-state index in [9.17, 15) is 34.3 Å². The number of carbonyl (C=O) groups is 4. The zero-order valence-electron chi connectivity index (χ0n) is 21.8. The van der Waals surface area contributed by atoms with Crippen LogP contribution in [0.2, 0.25) is 0 Å². The van der Waals surface area contributed by atoms with Crippen molar-refractivity contribution in [2.45, 2.75) is 25.7 Å². The van der Waals surface area contributed by atoms with Crippen molar-refractivity contribution < 1.29 is 39.1 Å². The summed E-state index contributed by atoms with van der Waals surface area (Å²) >= 11 is 0. The molecule has 4 atom stereocenters. The maximum absolute atomic E-state index is 14.0. The number of benzene rings is 2. The van der Waals surface area contributed by atoms with Gasteiger partial charge in [0.25, 0.3) is 0 Å². The molecule has 0 aromatic heterocycles. The third-order valence-electron chi connectivity index (χ3n) is 8.52. The summed E-state index contributed by atoms with van der Waals surface area (Å²) < 4.78 is 5.57. The van der Waals surface area contributed by atoms with Crippen molar-refractivity contribution in [2.24, 2.45) is 17.8 Å². The van der Waals surface area contributed by atoms with E-state index >= 15 is 0 Å². The normalized spacial score (nSPS) is 25.8. The molecule has 1 fully saturated rings. The zero-order valence-corrected chi connectivity index (χ0v) is 21.8. The standard InChI is InChI=1S/C30H26BNO8/c1-14-10-23(34)22-13-21-18(25(27(22)28(14)35)19-7-6-17(33)12-24(19)40-2)8-9-20-26(21)30(37)32(29(20)36)16-5-3-4-15(11-16)31(38)39/h3-8,10-12,20-21,25-26,33,38-39H,9,13H2,1-2H3/t20-,21+,25+,26-/m0/s1. The molecule has 2 aromatic rings. The molecule has 1 saturated heterocycles. The molecule has 202 valence electrons. The number of ketones is 2. The number of imide groups is 1. The number of Topliss-reactive ketones (excluding diaryl/α,β-unsaturated/α-hetero) is 1. The van der Waals surface area contributed by atoms with Crippen LogP contribution in [0.5, 0.6) is 11.5 Å². The highest BCUT2D eigenvalue weighted by Crippen LogP contribution is 2.56. The van der Waals surface area contributed by atoms with Gasteiger partial charge in [-0.15, -0.1) is 0 Å². The Balaban J connectivity index is 1.49. The molecule has 1 heterocycles. The van der Waals surface area contributed by atoms with Gasteiger partial charge in [0, 0.05) is 34.3 Å². The number of carbonyl (C=O) groups excluding carboxylic acids is 4. The fraction of sp³-hybridized carbons (Fsp3) is 0.267. The molecule has 3 aliphatic carbocycles. The van der Waals surface area contributed by atoms with Crippen LogP contribution in [-0.4, -0.2) is 52.8 Å². The molecule has 10 heteroatoms. The Morgan fingerprint density at radius 2 is 1.77 bits per heavy atom. The lowest BCUT2D eigenvalue weighted by Crippen LogP contribution is -2.40. The van der Waals surface area contributed by atoms with Gasteiger partial charge in [0.1, 0.15) is 11.5 Å². The van der Waals surface area contributed by atoms with Gasteiger partial charge in [-0.05, 0) is 55.4 Å². The second kappa shape index (κ2) is 9.43. The van der Waals surface area contributed by atoms with Crippen LogP contribution in [0.4, 0.5) is 5.69 Å². The first-order chi connectivity index (χ1) is 19.1. The van der Waals surface area contributed by atoms with Crippen LogP contribution in [0.3, 0.4) is 0 Å². The minimum Gasteiger partial charge on any atom is -0.508 e. The van der Waals surface area contributed by atoms with Crippen molar-refractivity contribution in [3.05, 3.63) is 82.5 Å². The number of hydrogen-bond acceptors (Lipinski definition) is 8. The van der Waals surface area contributed by atoms with E-state index in [1.165, 1.54) is 37.5 Å². The van der Waals surface area contributed by atoms with E-state index in [4.69, 9.17) is 4.74 Å². The van der Waals surface area contributed by atoms with Gasteiger partial charge in [0.05, 0.1) is 24.6 Å². The van der Waals surface area contributed by atoms with Crippen molar-refractivity contribution in [3.63, 3.8) is 0 Å². The third-order valence-corrected chi connectivity index (χ3v) is 8.52. The topological polar surface area (TPSA) is 141 Å². The number of amides is 2. The summed E-state index contributed by atoms with van der Waals surface area (Å²) in [4.78, 5) is 55.5. The number of rotatable bonds is 4. The Kier molecular flexibility index (Phi) is 6.12. The molecule has 2 aromatic carbocycles. The number of fused-ring (bicyclic) bond motifs is 3. The Morgan fingerprint density at radius 3 is 2.50 bits per heavy atom. The minimum atomic E-state index is -1.76. The number of ether oxygens (including phenoxy) is 1. The monoisotopic (exact) mass is 539 g/mol. The molecule has 9 nitrogen and oxygen atoms in total. The number of phenolic OH excluding ortho intramolecular Hbond substituents is 1. The SMILES string of the molecule is COc1cc(O)ccc1[C@H]1C2=CC[C@@H]3C(=O)N(c4cccc(B(O)O)c4)C(=O)[C@@H]3[C@@H]2CC2=C1C(=O)C(C)=CC2=O. The molecular weight excluding hydrogens is 513 g/mol. The molecule has 0 radical (unpaired) electrons. The largest absolute Gasteiger partial charge is 0.508 e.